The van der Waals surface area contributed by atoms with E-state index in [4.69, 9.17) is 0 Å². The molecule has 0 spiro atoms. The monoisotopic (exact) mass is 285 g/mol. The van der Waals surface area contributed by atoms with Gasteiger partial charge >= 0.3 is 6.61 Å². The van der Waals surface area contributed by atoms with Gasteiger partial charge in [-0.3, -0.25) is 4.90 Å². The molecule has 1 aromatic rings. The number of benzene rings is 1. The Morgan fingerprint density at radius 1 is 1.30 bits per heavy atom. The molecule has 5 heteroatoms. The fourth-order valence-electron chi connectivity index (χ4n) is 2.84. The van der Waals surface area contributed by atoms with E-state index >= 15 is 0 Å². The minimum Gasteiger partial charge on any atom is -0.434 e. The van der Waals surface area contributed by atoms with Crippen molar-refractivity contribution in [2.45, 2.75) is 51.0 Å². The van der Waals surface area contributed by atoms with Crippen LogP contribution in [0.15, 0.2) is 24.3 Å². The third kappa shape index (κ3) is 3.90. The van der Waals surface area contributed by atoms with Crippen LogP contribution in [0.1, 0.15) is 31.2 Å². The lowest BCUT2D eigenvalue weighted by Gasteiger charge is -2.35. The number of rotatable bonds is 5. The number of aliphatic hydroxyl groups excluding tert-OH is 1. The minimum atomic E-state index is -2.82. The van der Waals surface area contributed by atoms with E-state index in [9.17, 15) is 13.9 Å². The van der Waals surface area contributed by atoms with E-state index in [1.54, 1.807) is 24.3 Å². The van der Waals surface area contributed by atoms with Crippen LogP contribution in [0, 0.1) is 0 Å². The molecule has 0 aromatic heterocycles. The fourth-order valence-corrected chi connectivity index (χ4v) is 2.84. The standard InChI is InChI=1S/C15H21F2NO2/c1-18(12-7-3-4-8-13(12)19)10-11-6-2-5-9-14(11)20-15(16)17/h2,5-6,9,12-13,15,19H,3-4,7-8,10H2,1H3. The first-order valence-electron chi connectivity index (χ1n) is 6.99. The van der Waals surface area contributed by atoms with Gasteiger partial charge in [-0.15, -0.1) is 0 Å². The first-order valence-corrected chi connectivity index (χ1v) is 6.99. The van der Waals surface area contributed by atoms with Crippen molar-refractivity contribution in [2.75, 3.05) is 7.05 Å². The van der Waals surface area contributed by atoms with Crippen LogP contribution in [0.25, 0.3) is 0 Å². The first kappa shape index (κ1) is 15.2. The quantitative estimate of drug-likeness (QED) is 0.902. The first-order chi connectivity index (χ1) is 9.58. The molecule has 1 saturated carbocycles. The van der Waals surface area contributed by atoms with Crippen molar-refractivity contribution in [3.8, 4) is 5.75 Å². The summed E-state index contributed by atoms with van der Waals surface area (Å²) in [6.45, 7) is -2.33. The molecule has 0 bridgehead atoms. The SMILES string of the molecule is CN(Cc1ccccc1OC(F)F)C1CCCCC1O. The van der Waals surface area contributed by atoms with Crippen molar-refractivity contribution < 1.29 is 18.6 Å². The highest BCUT2D eigenvalue weighted by molar-refractivity contribution is 5.33. The van der Waals surface area contributed by atoms with Crippen molar-refractivity contribution in [2.24, 2.45) is 0 Å². The summed E-state index contributed by atoms with van der Waals surface area (Å²) in [5.74, 6) is 0.208. The van der Waals surface area contributed by atoms with E-state index in [1.165, 1.54) is 0 Å². The third-order valence-corrected chi connectivity index (χ3v) is 3.87. The molecule has 112 valence electrons. The highest BCUT2D eigenvalue weighted by atomic mass is 19.3. The lowest BCUT2D eigenvalue weighted by Crippen LogP contribution is -2.42. The van der Waals surface area contributed by atoms with Crippen molar-refractivity contribution >= 4 is 0 Å². The fraction of sp³-hybridized carbons (Fsp3) is 0.600. The number of ether oxygens (including phenoxy) is 1. The van der Waals surface area contributed by atoms with Gasteiger partial charge in [0.05, 0.1) is 6.10 Å². The van der Waals surface area contributed by atoms with E-state index in [1.807, 2.05) is 11.9 Å². The van der Waals surface area contributed by atoms with Crippen LogP contribution in [-0.4, -0.2) is 35.8 Å². The van der Waals surface area contributed by atoms with Crippen LogP contribution < -0.4 is 4.74 Å². The lowest BCUT2D eigenvalue weighted by molar-refractivity contribution is -0.0511. The molecule has 2 unspecified atom stereocenters. The Morgan fingerprint density at radius 2 is 2.00 bits per heavy atom. The maximum Gasteiger partial charge on any atom is 0.387 e. The molecule has 0 radical (unpaired) electrons. The molecule has 0 aliphatic heterocycles. The third-order valence-electron chi connectivity index (χ3n) is 3.87. The maximum atomic E-state index is 12.4. The van der Waals surface area contributed by atoms with Crippen LogP contribution in [0.5, 0.6) is 5.75 Å². The summed E-state index contributed by atoms with van der Waals surface area (Å²) in [7, 11) is 1.92. The predicted octanol–water partition coefficient (Wildman–Crippen LogP) is 3.02. The summed E-state index contributed by atoms with van der Waals surface area (Å²) in [5, 5.41) is 10.0. The molecule has 1 aliphatic carbocycles. The van der Waals surface area contributed by atoms with E-state index in [0.29, 0.717) is 12.1 Å². The number of nitrogens with zero attached hydrogens (tertiary/aromatic N) is 1. The van der Waals surface area contributed by atoms with E-state index in [2.05, 4.69) is 4.74 Å². The molecule has 1 fully saturated rings. The Bertz CT molecular complexity index is 428. The van der Waals surface area contributed by atoms with Crippen molar-refractivity contribution in [1.82, 2.24) is 4.90 Å². The number of aliphatic hydroxyl groups is 1. The Hall–Kier alpha value is -1.20. The van der Waals surface area contributed by atoms with Crippen LogP contribution in [0.3, 0.4) is 0 Å². The van der Waals surface area contributed by atoms with Gasteiger partial charge in [0.25, 0.3) is 0 Å². The molecule has 0 saturated heterocycles. The van der Waals surface area contributed by atoms with E-state index in [0.717, 1.165) is 25.7 Å². The lowest BCUT2D eigenvalue weighted by atomic mass is 9.91. The van der Waals surface area contributed by atoms with E-state index < -0.39 is 6.61 Å². The Kier molecular flexibility index (Phi) is 5.31. The van der Waals surface area contributed by atoms with Gasteiger partial charge in [0.2, 0.25) is 0 Å². The number of hydrogen-bond acceptors (Lipinski definition) is 3. The van der Waals surface area contributed by atoms with Crippen LogP contribution in [0.4, 0.5) is 8.78 Å². The van der Waals surface area contributed by atoms with Gasteiger partial charge in [-0.1, -0.05) is 31.0 Å². The second-order valence-electron chi connectivity index (χ2n) is 5.32. The normalized spacial score (nSPS) is 23.3. The zero-order valence-corrected chi connectivity index (χ0v) is 11.6. The van der Waals surface area contributed by atoms with Crippen LogP contribution in [-0.2, 0) is 6.54 Å². The summed E-state index contributed by atoms with van der Waals surface area (Å²) in [6, 6.07) is 6.90. The molecule has 1 aliphatic rings. The summed E-state index contributed by atoms with van der Waals surface area (Å²) < 4.78 is 29.3. The molecule has 2 atom stereocenters. The zero-order valence-electron chi connectivity index (χ0n) is 11.6. The molecule has 0 amide bonds. The topological polar surface area (TPSA) is 32.7 Å². The highest BCUT2D eigenvalue weighted by Gasteiger charge is 2.27. The Morgan fingerprint density at radius 3 is 2.70 bits per heavy atom. The average Bonchev–Trinajstić information content (AvgIpc) is 2.41. The number of hydrogen-bond donors (Lipinski definition) is 1. The largest absolute Gasteiger partial charge is 0.434 e. The second kappa shape index (κ2) is 6.99. The molecule has 1 aromatic carbocycles. The van der Waals surface area contributed by atoms with Crippen molar-refractivity contribution in [3.63, 3.8) is 0 Å². The Labute approximate surface area is 118 Å². The molecular formula is C15H21F2NO2. The second-order valence-corrected chi connectivity index (χ2v) is 5.32. The predicted molar refractivity (Wildman–Crippen MR) is 72.8 cm³/mol. The maximum absolute atomic E-state index is 12.4. The van der Waals surface area contributed by atoms with Gasteiger partial charge in [0.15, 0.2) is 0 Å². The molecule has 20 heavy (non-hydrogen) atoms. The van der Waals surface area contributed by atoms with Gasteiger partial charge < -0.3 is 9.84 Å². The van der Waals surface area contributed by atoms with Gasteiger partial charge in [-0.05, 0) is 26.0 Å². The number of halogens is 2. The number of likely N-dealkylation sites (N-methyl/N-ethyl adjacent to an activating group) is 1. The molecule has 3 nitrogen and oxygen atoms in total. The summed E-state index contributed by atoms with van der Waals surface area (Å²) in [5.41, 5.74) is 0.716. The van der Waals surface area contributed by atoms with Gasteiger partial charge in [-0.25, -0.2) is 0 Å². The molecule has 0 heterocycles. The zero-order chi connectivity index (χ0) is 14.5. The smallest absolute Gasteiger partial charge is 0.387 e. The van der Waals surface area contributed by atoms with Crippen molar-refractivity contribution in [3.05, 3.63) is 29.8 Å². The summed E-state index contributed by atoms with van der Waals surface area (Å²) >= 11 is 0. The van der Waals surface area contributed by atoms with Gasteiger partial charge in [0.1, 0.15) is 5.75 Å². The molecular weight excluding hydrogens is 264 g/mol. The van der Waals surface area contributed by atoms with Gasteiger partial charge in [-0.2, -0.15) is 8.78 Å². The average molecular weight is 285 g/mol. The minimum absolute atomic E-state index is 0.0864. The summed E-state index contributed by atoms with van der Waals surface area (Å²) in [4.78, 5) is 2.03. The van der Waals surface area contributed by atoms with Crippen molar-refractivity contribution in [1.29, 1.82) is 0 Å². The van der Waals surface area contributed by atoms with Gasteiger partial charge in [0, 0.05) is 18.2 Å². The highest BCUT2D eigenvalue weighted by Crippen LogP contribution is 2.26. The number of alkyl halides is 2. The summed E-state index contributed by atoms with van der Waals surface area (Å²) in [6.07, 6.45) is 3.56. The van der Waals surface area contributed by atoms with Crippen LogP contribution >= 0.6 is 0 Å². The molecule has 2 rings (SSSR count). The Balaban J connectivity index is 2.05. The van der Waals surface area contributed by atoms with E-state index in [-0.39, 0.29) is 17.9 Å². The number of para-hydroxylation sites is 1. The molecule has 1 N–H and O–H groups in total. The van der Waals surface area contributed by atoms with Crippen LogP contribution in [0.2, 0.25) is 0 Å².